The number of carboxylic acid groups (broad SMARTS) is 1. The predicted molar refractivity (Wildman–Crippen MR) is 67.5 cm³/mol. The van der Waals surface area contributed by atoms with Gasteiger partial charge in [0.2, 0.25) is 0 Å². The molecule has 1 N–H and O–H groups in total. The fraction of sp³-hybridized carbons (Fsp3) is 0.667. The van der Waals surface area contributed by atoms with E-state index in [0.717, 1.165) is 30.9 Å². The number of carboxylic acids is 1. The zero-order valence-corrected chi connectivity index (χ0v) is 11.0. The van der Waals surface area contributed by atoms with Crippen LogP contribution in [0.2, 0.25) is 0 Å². The van der Waals surface area contributed by atoms with Gasteiger partial charge in [-0.05, 0) is 12.3 Å². The van der Waals surface area contributed by atoms with Crippen molar-refractivity contribution in [2.45, 2.75) is 39.7 Å². The fourth-order valence-electron chi connectivity index (χ4n) is 2.27. The van der Waals surface area contributed by atoms with Gasteiger partial charge in [0.05, 0.1) is 5.92 Å². The predicted octanol–water partition coefficient (Wildman–Crippen LogP) is 2.15. The van der Waals surface area contributed by atoms with E-state index in [9.17, 15) is 4.79 Å². The molecule has 5 heteroatoms. The summed E-state index contributed by atoms with van der Waals surface area (Å²) in [6, 6.07) is 0. The van der Waals surface area contributed by atoms with Gasteiger partial charge in [-0.15, -0.1) is 12.4 Å². The van der Waals surface area contributed by atoms with Crippen LogP contribution in [0.15, 0.2) is 6.20 Å². The van der Waals surface area contributed by atoms with E-state index >= 15 is 0 Å². The first kappa shape index (κ1) is 14.0. The maximum Gasteiger partial charge on any atom is 0.306 e. The summed E-state index contributed by atoms with van der Waals surface area (Å²) in [5, 5.41) is 8.99. The number of halogens is 1. The SMILES string of the molecule is CC(C)Cc1ncc2n1CCC(C(=O)O)C2.Cl. The molecule has 0 aromatic carbocycles. The van der Waals surface area contributed by atoms with Gasteiger partial charge in [-0.1, -0.05) is 13.8 Å². The lowest BCUT2D eigenvalue weighted by Crippen LogP contribution is -2.26. The number of aromatic nitrogens is 2. The average molecular weight is 259 g/mol. The number of fused-ring (bicyclic) bond motifs is 1. The lowest BCUT2D eigenvalue weighted by Gasteiger charge is -2.22. The van der Waals surface area contributed by atoms with Gasteiger partial charge in [-0.3, -0.25) is 4.79 Å². The molecule has 0 fully saturated rings. The normalized spacial score (nSPS) is 18.6. The van der Waals surface area contributed by atoms with Crippen molar-refractivity contribution in [1.82, 2.24) is 9.55 Å². The van der Waals surface area contributed by atoms with E-state index in [0.29, 0.717) is 12.3 Å². The molecule has 1 unspecified atom stereocenters. The largest absolute Gasteiger partial charge is 0.481 e. The Hall–Kier alpha value is -1.03. The molecule has 0 amide bonds. The zero-order chi connectivity index (χ0) is 11.7. The fourth-order valence-corrected chi connectivity index (χ4v) is 2.27. The number of nitrogens with zero attached hydrogens (tertiary/aromatic N) is 2. The molecule has 0 aliphatic carbocycles. The zero-order valence-electron chi connectivity index (χ0n) is 10.2. The van der Waals surface area contributed by atoms with Crippen LogP contribution in [-0.2, 0) is 24.2 Å². The second-order valence-corrected chi connectivity index (χ2v) is 4.94. The summed E-state index contributed by atoms with van der Waals surface area (Å²) >= 11 is 0. The van der Waals surface area contributed by atoms with Gasteiger partial charge < -0.3 is 9.67 Å². The lowest BCUT2D eigenvalue weighted by molar-refractivity contribution is -0.142. The van der Waals surface area contributed by atoms with Gasteiger partial charge in [-0.25, -0.2) is 4.98 Å². The lowest BCUT2D eigenvalue weighted by atomic mass is 9.96. The molecular weight excluding hydrogens is 240 g/mol. The number of rotatable bonds is 3. The molecule has 2 rings (SSSR count). The van der Waals surface area contributed by atoms with Crippen molar-refractivity contribution < 1.29 is 9.90 Å². The Kier molecular flexibility index (Phi) is 4.57. The Morgan fingerprint density at radius 1 is 1.65 bits per heavy atom. The third-order valence-corrected chi connectivity index (χ3v) is 3.12. The van der Waals surface area contributed by atoms with E-state index in [1.807, 2.05) is 6.20 Å². The Morgan fingerprint density at radius 3 is 2.94 bits per heavy atom. The Balaban J connectivity index is 0.00000144. The molecular formula is C12H19ClN2O2. The summed E-state index contributed by atoms with van der Waals surface area (Å²) in [5.41, 5.74) is 1.08. The average Bonchev–Trinajstić information content (AvgIpc) is 2.60. The van der Waals surface area contributed by atoms with Crippen molar-refractivity contribution in [1.29, 1.82) is 0 Å². The first-order chi connectivity index (χ1) is 7.58. The number of hydrogen-bond donors (Lipinski definition) is 1. The summed E-state index contributed by atoms with van der Waals surface area (Å²) in [7, 11) is 0. The minimum Gasteiger partial charge on any atom is -0.481 e. The molecule has 0 radical (unpaired) electrons. The molecule has 1 atom stereocenters. The quantitative estimate of drug-likeness (QED) is 0.904. The Labute approximate surface area is 107 Å². The topological polar surface area (TPSA) is 55.1 Å². The van der Waals surface area contributed by atoms with E-state index in [1.165, 1.54) is 0 Å². The van der Waals surface area contributed by atoms with E-state index in [1.54, 1.807) is 0 Å². The van der Waals surface area contributed by atoms with Crippen molar-refractivity contribution in [2.75, 3.05) is 0 Å². The van der Waals surface area contributed by atoms with Gasteiger partial charge >= 0.3 is 5.97 Å². The summed E-state index contributed by atoms with van der Waals surface area (Å²) < 4.78 is 2.19. The minimum absolute atomic E-state index is 0. The van der Waals surface area contributed by atoms with Crippen LogP contribution in [0.1, 0.15) is 31.8 Å². The number of carbonyl (C=O) groups is 1. The molecule has 96 valence electrons. The highest BCUT2D eigenvalue weighted by Gasteiger charge is 2.26. The van der Waals surface area contributed by atoms with E-state index in [-0.39, 0.29) is 18.3 Å². The molecule has 17 heavy (non-hydrogen) atoms. The third-order valence-electron chi connectivity index (χ3n) is 3.12. The highest BCUT2D eigenvalue weighted by Crippen LogP contribution is 2.23. The van der Waals surface area contributed by atoms with Crippen molar-refractivity contribution >= 4 is 18.4 Å². The minimum atomic E-state index is -0.683. The second kappa shape index (κ2) is 5.54. The van der Waals surface area contributed by atoms with Crippen molar-refractivity contribution in [3.05, 3.63) is 17.7 Å². The maximum atomic E-state index is 10.9. The first-order valence-electron chi connectivity index (χ1n) is 5.84. The summed E-state index contributed by atoms with van der Waals surface area (Å²) in [6.07, 6.45) is 4.16. The molecule has 1 aliphatic rings. The van der Waals surface area contributed by atoms with Gasteiger partial charge in [-0.2, -0.15) is 0 Å². The smallest absolute Gasteiger partial charge is 0.306 e. The van der Waals surface area contributed by atoms with Crippen LogP contribution in [0, 0.1) is 11.8 Å². The van der Waals surface area contributed by atoms with Crippen molar-refractivity contribution in [3.8, 4) is 0 Å². The summed E-state index contributed by atoms with van der Waals surface area (Å²) in [4.78, 5) is 15.3. The molecule has 4 nitrogen and oxygen atoms in total. The van der Waals surface area contributed by atoms with Crippen LogP contribution in [0.5, 0.6) is 0 Å². The van der Waals surface area contributed by atoms with E-state index < -0.39 is 5.97 Å². The van der Waals surface area contributed by atoms with Crippen LogP contribution < -0.4 is 0 Å². The molecule has 1 aromatic rings. The molecule has 0 bridgehead atoms. The van der Waals surface area contributed by atoms with E-state index in [2.05, 4.69) is 23.4 Å². The molecule has 1 aliphatic heterocycles. The Bertz CT molecular complexity index is 401. The van der Waals surface area contributed by atoms with E-state index in [4.69, 9.17) is 5.11 Å². The first-order valence-corrected chi connectivity index (χ1v) is 5.84. The number of imidazole rings is 1. The Morgan fingerprint density at radius 2 is 2.35 bits per heavy atom. The van der Waals surface area contributed by atoms with Gasteiger partial charge in [0.15, 0.2) is 0 Å². The van der Waals surface area contributed by atoms with Gasteiger partial charge in [0.1, 0.15) is 5.82 Å². The third kappa shape index (κ3) is 3.00. The highest BCUT2D eigenvalue weighted by atomic mass is 35.5. The van der Waals surface area contributed by atoms with Crippen LogP contribution >= 0.6 is 12.4 Å². The number of hydrogen-bond acceptors (Lipinski definition) is 2. The van der Waals surface area contributed by atoms with Gasteiger partial charge in [0, 0.05) is 31.3 Å². The maximum absolute atomic E-state index is 10.9. The van der Waals surface area contributed by atoms with Gasteiger partial charge in [0.25, 0.3) is 0 Å². The molecule has 0 saturated heterocycles. The van der Waals surface area contributed by atoms with Crippen LogP contribution in [0.4, 0.5) is 0 Å². The van der Waals surface area contributed by atoms with Crippen LogP contribution in [0.3, 0.4) is 0 Å². The van der Waals surface area contributed by atoms with Crippen molar-refractivity contribution in [3.63, 3.8) is 0 Å². The second-order valence-electron chi connectivity index (χ2n) is 4.94. The molecule has 0 saturated carbocycles. The molecule has 1 aromatic heterocycles. The monoisotopic (exact) mass is 258 g/mol. The summed E-state index contributed by atoms with van der Waals surface area (Å²) in [6.45, 7) is 5.14. The van der Waals surface area contributed by atoms with Crippen LogP contribution in [-0.4, -0.2) is 20.6 Å². The van der Waals surface area contributed by atoms with Crippen molar-refractivity contribution in [2.24, 2.45) is 11.8 Å². The van der Waals surface area contributed by atoms with Crippen LogP contribution in [0.25, 0.3) is 0 Å². The number of aliphatic carboxylic acids is 1. The molecule has 2 heterocycles. The molecule has 0 spiro atoms. The highest BCUT2D eigenvalue weighted by molar-refractivity contribution is 5.85. The standard InChI is InChI=1S/C12H18N2O2.ClH/c1-8(2)5-11-13-7-10-6-9(12(15)16)3-4-14(10)11;/h7-9H,3-6H2,1-2H3,(H,15,16);1H. The summed E-state index contributed by atoms with van der Waals surface area (Å²) in [5.74, 6) is 0.784.